The summed E-state index contributed by atoms with van der Waals surface area (Å²) in [5, 5.41) is 8.59. The molecule has 1 atom stereocenters. The molecule has 1 aliphatic heterocycles. The topological polar surface area (TPSA) is 53.3 Å². The van der Waals surface area contributed by atoms with Gasteiger partial charge in [0.2, 0.25) is 5.91 Å². The van der Waals surface area contributed by atoms with Crippen molar-refractivity contribution in [3.8, 4) is 6.07 Å². The van der Waals surface area contributed by atoms with E-state index >= 15 is 0 Å². The van der Waals surface area contributed by atoms with Crippen LogP contribution in [0.3, 0.4) is 0 Å². The zero-order valence-electron chi connectivity index (χ0n) is 8.16. The quantitative estimate of drug-likeness (QED) is 0.636. The first-order valence-corrected chi connectivity index (χ1v) is 4.66. The molecule has 0 spiro atoms. The molecule has 6 heteroatoms. The second-order valence-corrected chi connectivity index (χ2v) is 3.34. The van der Waals surface area contributed by atoms with Gasteiger partial charge in [0.25, 0.3) is 6.43 Å². The van der Waals surface area contributed by atoms with Crippen molar-refractivity contribution < 1.29 is 18.3 Å². The molecule has 1 rings (SSSR count). The summed E-state index contributed by atoms with van der Waals surface area (Å²) in [6.45, 7) is 0.148. The molecule has 15 heavy (non-hydrogen) atoms. The smallest absolute Gasteiger partial charge is 0.261 e. The molecule has 1 saturated heterocycles. The molecular weight excluding hydrogens is 206 g/mol. The van der Waals surface area contributed by atoms with Crippen LogP contribution in [0.2, 0.25) is 0 Å². The van der Waals surface area contributed by atoms with Crippen LogP contribution in [0.15, 0.2) is 0 Å². The molecule has 0 aromatic rings. The molecule has 0 radical (unpaired) electrons. The Kier molecular flexibility index (Phi) is 4.43. The molecular formula is C9H12F2N2O2. The predicted molar refractivity (Wildman–Crippen MR) is 47.1 cm³/mol. The van der Waals surface area contributed by atoms with Crippen LogP contribution in [0.5, 0.6) is 0 Å². The molecule has 0 aromatic carbocycles. The van der Waals surface area contributed by atoms with Gasteiger partial charge in [0.1, 0.15) is 6.61 Å². The second kappa shape index (κ2) is 5.61. The van der Waals surface area contributed by atoms with Crippen LogP contribution in [-0.4, -0.2) is 43.5 Å². The van der Waals surface area contributed by atoms with Gasteiger partial charge < -0.3 is 9.64 Å². The third-order valence-electron chi connectivity index (χ3n) is 2.15. The summed E-state index contributed by atoms with van der Waals surface area (Å²) in [7, 11) is 0. The number of amides is 1. The lowest BCUT2D eigenvalue weighted by Crippen LogP contribution is -2.29. The molecule has 1 amide bonds. The predicted octanol–water partition coefficient (Wildman–Crippen LogP) is 0.640. The number of hydrogen-bond donors (Lipinski definition) is 0. The summed E-state index contributed by atoms with van der Waals surface area (Å²) >= 11 is 0. The Bertz CT molecular complexity index is 265. The van der Waals surface area contributed by atoms with Gasteiger partial charge in [-0.2, -0.15) is 5.26 Å². The highest BCUT2D eigenvalue weighted by atomic mass is 19.3. The van der Waals surface area contributed by atoms with E-state index in [0.29, 0.717) is 6.54 Å². The first-order valence-electron chi connectivity index (χ1n) is 4.66. The van der Waals surface area contributed by atoms with Gasteiger partial charge in [-0.25, -0.2) is 8.78 Å². The Hall–Kier alpha value is -1.22. The lowest BCUT2D eigenvalue weighted by atomic mass is 10.1. The standard InChI is InChI=1S/C9H12F2N2O2/c10-8(11)6-15-2-1-13-5-7(4-12)3-9(13)14/h7-8H,1-3,5-6H2. The van der Waals surface area contributed by atoms with Crippen LogP contribution in [0.25, 0.3) is 0 Å². The van der Waals surface area contributed by atoms with Crippen molar-refractivity contribution >= 4 is 5.91 Å². The number of alkyl halides is 2. The van der Waals surface area contributed by atoms with E-state index in [9.17, 15) is 13.6 Å². The Morgan fingerprint density at radius 1 is 1.67 bits per heavy atom. The van der Waals surface area contributed by atoms with E-state index in [0.717, 1.165) is 0 Å². The monoisotopic (exact) mass is 218 g/mol. The zero-order valence-corrected chi connectivity index (χ0v) is 8.16. The van der Waals surface area contributed by atoms with Crippen molar-refractivity contribution in [3.63, 3.8) is 0 Å². The van der Waals surface area contributed by atoms with Gasteiger partial charge >= 0.3 is 0 Å². The third kappa shape index (κ3) is 3.80. The van der Waals surface area contributed by atoms with Gasteiger partial charge in [-0.05, 0) is 0 Å². The minimum atomic E-state index is -2.48. The molecule has 0 saturated carbocycles. The molecule has 0 aromatic heterocycles. The molecule has 1 unspecified atom stereocenters. The minimum Gasteiger partial charge on any atom is -0.374 e. The van der Waals surface area contributed by atoms with E-state index in [4.69, 9.17) is 5.26 Å². The maximum atomic E-state index is 11.7. The van der Waals surface area contributed by atoms with Crippen molar-refractivity contribution in [3.05, 3.63) is 0 Å². The third-order valence-corrected chi connectivity index (χ3v) is 2.15. The van der Waals surface area contributed by atoms with E-state index < -0.39 is 13.0 Å². The van der Waals surface area contributed by atoms with Crippen LogP contribution in [0.1, 0.15) is 6.42 Å². The van der Waals surface area contributed by atoms with E-state index in [-0.39, 0.29) is 31.4 Å². The van der Waals surface area contributed by atoms with Gasteiger partial charge in [-0.15, -0.1) is 0 Å². The molecule has 0 aliphatic carbocycles. The normalized spacial score (nSPS) is 21.1. The molecule has 84 valence electrons. The highest BCUT2D eigenvalue weighted by molar-refractivity contribution is 5.79. The lowest BCUT2D eigenvalue weighted by Gasteiger charge is -2.15. The van der Waals surface area contributed by atoms with E-state index in [1.165, 1.54) is 4.90 Å². The fraction of sp³-hybridized carbons (Fsp3) is 0.778. The fourth-order valence-electron chi connectivity index (χ4n) is 1.42. The maximum Gasteiger partial charge on any atom is 0.261 e. The molecule has 0 N–H and O–H groups in total. The zero-order chi connectivity index (χ0) is 11.3. The number of nitriles is 1. The van der Waals surface area contributed by atoms with Crippen molar-refractivity contribution in [2.45, 2.75) is 12.8 Å². The van der Waals surface area contributed by atoms with Gasteiger partial charge in [-0.1, -0.05) is 0 Å². The summed E-state index contributed by atoms with van der Waals surface area (Å²) in [6, 6.07) is 2.01. The number of rotatable bonds is 5. The second-order valence-electron chi connectivity index (χ2n) is 3.34. The highest BCUT2D eigenvalue weighted by Crippen LogP contribution is 2.15. The molecule has 1 fully saturated rings. The minimum absolute atomic E-state index is 0.0915. The maximum absolute atomic E-state index is 11.7. The Morgan fingerprint density at radius 3 is 2.93 bits per heavy atom. The fourth-order valence-corrected chi connectivity index (χ4v) is 1.42. The van der Waals surface area contributed by atoms with Crippen LogP contribution >= 0.6 is 0 Å². The summed E-state index contributed by atoms with van der Waals surface area (Å²) in [4.78, 5) is 12.7. The number of carbonyl (C=O) groups excluding carboxylic acids is 1. The summed E-state index contributed by atoms with van der Waals surface area (Å²) in [6.07, 6.45) is -2.25. The van der Waals surface area contributed by atoms with Crippen molar-refractivity contribution in [2.24, 2.45) is 5.92 Å². The highest BCUT2D eigenvalue weighted by Gasteiger charge is 2.28. The number of ether oxygens (including phenoxy) is 1. The van der Waals surface area contributed by atoms with Gasteiger partial charge in [0.15, 0.2) is 0 Å². The number of nitrogens with zero attached hydrogens (tertiary/aromatic N) is 2. The number of halogens is 2. The molecule has 1 heterocycles. The summed E-state index contributed by atoms with van der Waals surface area (Å²) < 4.78 is 28.0. The average Bonchev–Trinajstić information content (AvgIpc) is 2.54. The molecule has 0 bridgehead atoms. The van der Waals surface area contributed by atoms with Gasteiger partial charge in [0, 0.05) is 19.5 Å². The Balaban J connectivity index is 2.17. The number of carbonyl (C=O) groups is 1. The lowest BCUT2D eigenvalue weighted by molar-refractivity contribution is -0.128. The SMILES string of the molecule is N#CC1CC(=O)N(CCOCC(F)F)C1. The van der Waals surface area contributed by atoms with E-state index in [1.807, 2.05) is 6.07 Å². The largest absolute Gasteiger partial charge is 0.374 e. The van der Waals surface area contributed by atoms with Crippen LogP contribution in [0.4, 0.5) is 8.78 Å². The molecule has 1 aliphatic rings. The first-order chi connectivity index (χ1) is 7.13. The van der Waals surface area contributed by atoms with Gasteiger partial charge in [-0.3, -0.25) is 4.79 Å². The van der Waals surface area contributed by atoms with Crippen LogP contribution in [-0.2, 0) is 9.53 Å². The summed E-state index contributed by atoms with van der Waals surface area (Å²) in [5.74, 6) is -0.380. The Labute approximate surface area is 86.4 Å². The molecule has 4 nitrogen and oxygen atoms in total. The summed E-state index contributed by atoms with van der Waals surface area (Å²) in [5.41, 5.74) is 0. The van der Waals surface area contributed by atoms with Crippen LogP contribution in [0, 0.1) is 17.2 Å². The van der Waals surface area contributed by atoms with E-state index in [2.05, 4.69) is 4.74 Å². The average molecular weight is 218 g/mol. The first kappa shape index (κ1) is 11.9. The van der Waals surface area contributed by atoms with Crippen LogP contribution < -0.4 is 0 Å². The van der Waals surface area contributed by atoms with Crippen molar-refractivity contribution in [2.75, 3.05) is 26.3 Å². The number of hydrogen-bond acceptors (Lipinski definition) is 3. The van der Waals surface area contributed by atoms with Gasteiger partial charge in [0.05, 0.1) is 18.6 Å². The number of likely N-dealkylation sites (tertiary alicyclic amines) is 1. The Morgan fingerprint density at radius 2 is 2.40 bits per heavy atom. The van der Waals surface area contributed by atoms with E-state index in [1.54, 1.807) is 0 Å². The van der Waals surface area contributed by atoms with Crippen molar-refractivity contribution in [1.29, 1.82) is 5.26 Å². The van der Waals surface area contributed by atoms with Crippen molar-refractivity contribution in [1.82, 2.24) is 4.90 Å².